The molecule has 2 aromatic rings. The Bertz CT molecular complexity index is 618. The van der Waals surface area contributed by atoms with Crippen LogP contribution in [0.5, 0.6) is 0 Å². The molecule has 0 unspecified atom stereocenters. The molecule has 0 aromatic heterocycles. The van der Waals surface area contributed by atoms with E-state index < -0.39 is 28.9 Å². The highest BCUT2D eigenvalue weighted by molar-refractivity contribution is 5.97. The Morgan fingerprint density at radius 3 is 2.25 bits per heavy atom. The zero-order valence-electron chi connectivity index (χ0n) is 10.2. The van der Waals surface area contributed by atoms with Gasteiger partial charge in [0.05, 0.1) is 11.1 Å². The van der Waals surface area contributed by atoms with Crippen molar-refractivity contribution >= 4 is 5.78 Å². The molecule has 20 heavy (non-hydrogen) atoms. The van der Waals surface area contributed by atoms with Gasteiger partial charge in [-0.3, -0.25) is 4.79 Å². The predicted octanol–water partition coefficient (Wildman–Crippen LogP) is 4.27. The fraction of sp³-hybridized carbons (Fsp3) is 0.133. The van der Waals surface area contributed by atoms with Crippen molar-refractivity contribution in [1.29, 1.82) is 0 Å². The van der Waals surface area contributed by atoms with Gasteiger partial charge in [0.15, 0.2) is 5.78 Å². The second-order valence-electron chi connectivity index (χ2n) is 4.28. The average Bonchev–Trinajstić information content (AvgIpc) is 2.39. The third kappa shape index (κ3) is 3.23. The maximum atomic E-state index is 13.5. The maximum Gasteiger partial charge on any atom is 0.416 e. The number of carbonyl (C=O) groups excluding carboxylic acids is 1. The number of carbonyl (C=O) groups is 1. The number of ketones is 1. The fourth-order valence-electron chi connectivity index (χ4n) is 1.79. The molecule has 0 radical (unpaired) electrons. The van der Waals surface area contributed by atoms with E-state index in [0.29, 0.717) is 23.8 Å². The summed E-state index contributed by atoms with van der Waals surface area (Å²) in [4.78, 5) is 11.9. The van der Waals surface area contributed by atoms with Crippen LogP contribution in [0.2, 0.25) is 0 Å². The molecule has 0 bridgehead atoms. The Hall–Kier alpha value is -2.17. The fourth-order valence-corrected chi connectivity index (χ4v) is 1.79. The van der Waals surface area contributed by atoms with Crippen LogP contribution in [0.1, 0.15) is 21.5 Å². The Morgan fingerprint density at radius 2 is 1.65 bits per heavy atom. The molecular weight excluding hydrogens is 272 g/mol. The number of hydrogen-bond donors (Lipinski definition) is 0. The summed E-state index contributed by atoms with van der Waals surface area (Å²) in [6.45, 7) is 0. The molecule has 2 rings (SSSR count). The van der Waals surface area contributed by atoms with Gasteiger partial charge in [0.2, 0.25) is 0 Å². The van der Waals surface area contributed by atoms with Gasteiger partial charge in [0, 0.05) is 6.42 Å². The van der Waals surface area contributed by atoms with Gasteiger partial charge in [-0.2, -0.15) is 13.2 Å². The molecule has 0 atom stereocenters. The average molecular weight is 282 g/mol. The summed E-state index contributed by atoms with van der Waals surface area (Å²) in [6.07, 6.45) is -4.74. The van der Waals surface area contributed by atoms with Crippen molar-refractivity contribution in [1.82, 2.24) is 0 Å². The third-order valence-electron chi connectivity index (χ3n) is 2.80. The van der Waals surface area contributed by atoms with Crippen molar-refractivity contribution in [3.8, 4) is 0 Å². The summed E-state index contributed by atoms with van der Waals surface area (Å²) in [7, 11) is 0. The summed E-state index contributed by atoms with van der Waals surface area (Å²) in [5.41, 5.74) is -0.951. The molecule has 2 aromatic carbocycles. The van der Waals surface area contributed by atoms with E-state index in [9.17, 15) is 22.4 Å². The lowest BCUT2D eigenvalue weighted by Crippen LogP contribution is -2.11. The first-order valence-electron chi connectivity index (χ1n) is 5.82. The largest absolute Gasteiger partial charge is 0.416 e. The molecule has 0 aliphatic carbocycles. The van der Waals surface area contributed by atoms with Crippen LogP contribution in [0.4, 0.5) is 17.6 Å². The van der Waals surface area contributed by atoms with Crippen molar-refractivity contribution in [2.75, 3.05) is 0 Å². The summed E-state index contributed by atoms with van der Waals surface area (Å²) < 4.78 is 51.2. The first kappa shape index (κ1) is 14.2. The topological polar surface area (TPSA) is 17.1 Å². The monoisotopic (exact) mass is 282 g/mol. The lowest BCUT2D eigenvalue weighted by Gasteiger charge is -2.09. The van der Waals surface area contributed by atoms with E-state index in [-0.39, 0.29) is 6.42 Å². The van der Waals surface area contributed by atoms with Crippen LogP contribution in [-0.4, -0.2) is 5.78 Å². The lowest BCUT2D eigenvalue weighted by atomic mass is 10.0. The highest BCUT2D eigenvalue weighted by atomic mass is 19.4. The minimum absolute atomic E-state index is 0.140. The first-order chi connectivity index (χ1) is 9.38. The predicted molar refractivity (Wildman–Crippen MR) is 65.9 cm³/mol. The van der Waals surface area contributed by atoms with Crippen LogP contribution in [0, 0.1) is 5.82 Å². The number of Topliss-reactive ketones (excluding diaryl/α,β-unsaturated/α-hetero) is 1. The molecule has 0 amide bonds. The van der Waals surface area contributed by atoms with Gasteiger partial charge in [-0.25, -0.2) is 4.39 Å². The Morgan fingerprint density at radius 1 is 1.00 bits per heavy atom. The minimum atomic E-state index is -4.60. The number of hydrogen-bond acceptors (Lipinski definition) is 1. The van der Waals surface area contributed by atoms with Crippen LogP contribution in [0.25, 0.3) is 0 Å². The zero-order valence-corrected chi connectivity index (χ0v) is 10.2. The number of alkyl halides is 3. The van der Waals surface area contributed by atoms with Crippen molar-refractivity contribution < 1.29 is 22.4 Å². The summed E-state index contributed by atoms with van der Waals surface area (Å²) in [5.74, 6) is -1.63. The van der Waals surface area contributed by atoms with E-state index in [1.807, 2.05) is 0 Å². The van der Waals surface area contributed by atoms with Crippen molar-refractivity contribution in [3.63, 3.8) is 0 Å². The quantitative estimate of drug-likeness (QED) is 0.607. The normalized spacial score (nSPS) is 11.4. The van der Waals surface area contributed by atoms with Gasteiger partial charge in [-0.1, -0.05) is 30.3 Å². The zero-order chi connectivity index (χ0) is 14.8. The molecule has 0 N–H and O–H groups in total. The molecule has 0 saturated carbocycles. The molecule has 0 heterocycles. The van der Waals surface area contributed by atoms with E-state index in [4.69, 9.17) is 0 Å². The first-order valence-corrected chi connectivity index (χ1v) is 5.82. The molecule has 0 aliphatic heterocycles. The van der Waals surface area contributed by atoms with E-state index >= 15 is 0 Å². The van der Waals surface area contributed by atoms with Gasteiger partial charge in [-0.05, 0) is 23.8 Å². The van der Waals surface area contributed by atoms with Crippen LogP contribution in [0.15, 0.2) is 48.5 Å². The van der Waals surface area contributed by atoms with Crippen molar-refractivity contribution in [2.24, 2.45) is 0 Å². The highest BCUT2D eigenvalue weighted by Crippen LogP contribution is 2.30. The summed E-state index contributed by atoms with van der Waals surface area (Å²) in [5, 5.41) is 0. The van der Waals surface area contributed by atoms with Gasteiger partial charge < -0.3 is 0 Å². The minimum Gasteiger partial charge on any atom is -0.294 e. The second kappa shape index (κ2) is 5.45. The van der Waals surface area contributed by atoms with Gasteiger partial charge >= 0.3 is 6.18 Å². The van der Waals surface area contributed by atoms with E-state index in [1.165, 1.54) is 0 Å². The molecule has 0 saturated heterocycles. The lowest BCUT2D eigenvalue weighted by molar-refractivity contribution is -0.137. The Balaban J connectivity index is 2.30. The van der Waals surface area contributed by atoms with E-state index in [0.717, 1.165) is 0 Å². The molecule has 0 aliphatic rings. The van der Waals surface area contributed by atoms with Crippen molar-refractivity contribution in [3.05, 3.63) is 71.0 Å². The SMILES string of the molecule is O=C(Cc1ccccc1)c1cc(C(F)(F)F)ccc1F. The molecule has 0 spiro atoms. The molecule has 5 heteroatoms. The molecule has 1 nitrogen and oxygen atoms in total. The molecule has 104 valence electrons. The maximum absolute atomic E-state index is 13.5. The number of benzene rings is 2. The van der Waals surface area contributed by atoms with Crippen molar-refractivity contribution in [2.45, 2.75) is 12.6 Å². The molecular formula is C15H10F4O. The van der Waals surface area contributed by atoms with E-state index in [2.05, 4.69) is 0 Å². The standard InChI is InChI=1S/C15H10F4O/c16-13-7-6-11(15(17,18)19)9-12(13)14(20)8-10-4-2-1-3-5-10/h1-7,9H,8H2. The third-order valence-corrected chi connectivity index (χ3v) is 2.80. The summed E-state index contributed by atoms with van der Waals surface area (Å²) >= 11 is 0. The van der Waals surface area contributed by atoms with Crippen LogP contribution >= 0.6 is 0 Å². The van der Waals surface area contributed by atoms with Gasteiger partial charge in [0.25, 0.3) is 0 Å². The van der Waals surface area contributed by atoms with Crippen LogP contribution in [0.3, 0.4) is 0 Å². The Labute approximate surface area is 112 Å². The van der Waals surface area contributed by atoms with E-state index in [1.54, 1.807) is 30.3 Å². The number of rotatable bonds is 3. The highest BCUT2D eigenvalue weighted by Gasteiger charge is 2.31. The summed E-state index contributed by atoms with van der Waals surface area (Å²) in [6, 6.07) is 10.3. The van der Waals surface area contributed by atoms with Gasteiger partial charge in [0.1, 0.15) is 5.82 Å². The number of halogens is 4. The van der Waals surface area contributed by atoms with Crippen LogP contribution < -0.4 is 0 Å². The molecule has 0 fully saturated rings. The van der Waals surface area contributed by atoms with Gasteiger partial charge in [-0.15, -0.1) is 0 Å². The van der Waals surface area contributed by atoms with Crippen LogP contribution in [-0.2, 0) is 12.6 Å². The second-order valence-corrected chi connectivity index (χ2v) is 4.28. The Kier molecular flexibility index (Phi) is 3.88. The smallest absolute Gasteiger partial charge is 0.294 e.